The Balaban J connectivity index is -0.0000000410. The van der Waals surface area contributed by atoms with Crippen LogP contribution in [-0.4, -0.2) is 5.94 Å². The molecule has 0 aliphatic carbocycles. The van der Waals surface area contributed by atoms with Gasteiger partial charge in [0.2, 0.25) is 0 Å². The summed E-state index contributed by atoms with van der Waals surface area (Å²) >= 11 is 0. The molecule has 0 N–H and O–H groups in total. The Hall–Kier alpha value is -1.07. The molecule has 82 valence electrons. The molecule has 5 heteroatoms. The van der Waals surface area contributed by atoms with Crippen LogP contribution in [0.4, 0.5) is 0 Å². The van der Waals surface area contributed by atoms with Crippen molar-refractivity contribution < 1.29 is 35.8 Å². The number of rotatable bonds is 1. The van der Waals surface area contributed by atoms with Gasteiger partial charge in [-0.2, -0.15) is 0 Å². The van der Waals surface area contributed by atoms with Crippen molar-refractivity contribution >= 4 is 5.94 Å². The van der Waals surface area contributed by atoms with Gasteiger partial charge in [0, 0.05) is 22.6 Å². The van der Waals surface area contributed by atoms with Crippen LogP contribution in [-0.2, 0) is 35.8 Å². The summed E-state index contributed by atoms with van der Waals surface area (Å²) < 4.78 is 22.5. The largest absolute Gasteiger partial charge is 0 e. The molecular formula is C10H10FeO4. The maximum atomic E-state index is 9.83. The third kappa shape index (κ3) is 63.6. The molecule has 15 heavy (non-hydrogen) atoms. The molecule has 0 amide bonds. The molecule has 4 nitrogen and oxygen atoms in total. The van der Waals surface area contributed by atoms with Crippen molar-refractivity contribution in [2.75, 3.05) is 0 Å². The van der Waals surface area contributed by atoms with Crippen molar-refractivity contribution in [2.45, 2.75) is 20.8 Å². The van der Waals surface area contributed by atoms with E-state index in [1.54, 1.807) is 18.9 Å². The van der Waals surface area contributed by atoms with E-state index in [2.05, 4.69) is 20.0 Å². The molecule has 0 heterocycles. The van der Waals surface area contributed by atoms with Crippen molar-refractivity contribution in [1.29, 1.82) is 0 Å². The van der Waals surface area contributed by atoms with Gasteiger partial charge in [-0.15, -0.1) is 0 Å². The molecule has 0 saturated carbocycles. The van der Waals surface area contributed by atoms with Crippen LogP contribution >= 0.6 is 0 Å². The Morgan fingerprint density at radius 2 is 1.27 bits per heavy atom. The Morgan fingerprint density at radius 1 is 1.00 bits per heavy atom. The van der Waals surface area contributed by atoms with E-state index in [0.717, 1.165) is 5.57 Å². The maximum absolute atomic E-state index is 9.83. The van der Waals surface area contributed by atoms with Crippen LogP contribution in [0, 0.1) is 20.0 Å². The summed E-state index contributed by atoms with van der Waals surface area (Å²) in [6.45, 7) is 19.1. The van der Waals surface area contributed by atoms with E-state index in [0.29, 0.717) is 5.57 Å². The molecule has 0 aliphatic heterocycles. The van der Waals surface area contributed by atoms with Crippen LogP contribution in [0.25, 0.3) is 0 Å². The van der Waals surface area contributed by atoms with Gasteiger partial charge in [-0.3, -0.25) is 0 Å². The van der Waals surface area contributed by atoms with E-state index in [1.165, 1.54) is 0 Å². The Labute approximate surface area is 100 Å². The molecule has 0 spiro atoms. The molecule has 0 saturated heterocycles. The number of hydrogen-bond donors (Lipinski definition) is 0. The number of hydrogen-bond acceptors (Lipinski definition) is 1. The van der Waals surface area contributed by atoms with Crippen LogP contribution in [0.3, 0.4) is 0 Å². The first kappa shape index (κ1) is 29.2. The average Bonchev–Trinajstić information content (AvgIpc) is 2.25. The fraction of sp³-hybridized carbons (Fsp3) is 0.300. The summed E-state index contributed by atoms with van der Waals surface area (Å²) in [4.78, 5) is 9.83. The van der Waals surface area contributed by atoms with Crippen molar-refractivity contribution in [3.8, 4) is 0 Å². The van der Waals surface area contributed by atoms with Gasteiger partial charge in [-0.05, 0) is 26.8 Å². The monoisotopic (exact) mass is 250 g/mol. The Kier molecular flexibility index (Phi) is 74.6. The van der Waals surface area contributed by atoms with Gasteiger partial charge < -0.3 is 0 Å². The minimum atomic E-state index is 0. The molecule has 0 radical (unpaired) electrons. The fourth-order valence-corrected chi connectivity index (χ4v) is 0.462. The predicted octanol–water partition coefficient (Wildman–Crippen LogP) is 1.62. The zero-order valence-electron chi connectivity index (χ0n) is 8.56. The van der Waals surface area contributed by atoms with E-state index in [9.17, 15) is 4.79 Å². The van der Waals surface area contributed by atoms with Crippen LogP contribution < -0.4 is 0 Å². The molecule has 0 aliphatic rings. The number of carbonyl (C=O) groups excluding carboxylic acids is 1. The average molecular weight is 250 g/mol. The summed E-state index contributed by atoms with van der Waals surface area (Å²) in [5.74, 6) is 1.79. The Morgan fingerprint density at radius 3 is 1.33 bits per heavy atom. The molecule has 0 fully saturated rings. The first-order valence-corrected chi connectivity index (χ1v) is 3.14. The van der Waals surface area contributed by atoms with Crippen LogP contribution in [0.2, 0.25) is 0 Å². The van der Waals surface area contributed by atoms with Gasteiger partial charge in [-0.25, -0.2) is 4.79 Å². The second-order valence-corrected chi connectivity index (χ2v) is 2.01. The minimum Gasteiger partial charge on any atom is 0 e. The van der Waals surface area contributed by atoms with E-state index in [4.69, 9.17) is 14.0 Å². The van der Waals surface area contributed by atoms with Crippen LogP contribution in [0.1, 0.15) is 20.8 Å². The second-order valence-electron chi connectivity index (χ2n) is 2.01. The maximum Gasteiger partial charge on any atom is 0 e. The molecule has 0 unspecified atom stereocenters. The van der Waals surface area contributed by atoms with Crippen molar-refractivity contribution in [3.05, 3.63) is 37.2 Å². The van der Waals surface area contributed by atoms with Crippen LogP contribution in [0.15, 0.2) is 17.2 Å². The first-order chi connectivity index (χ1) is 6.66. The fourth-order valence-electron chi connectivity index (χ4n) is 0.462. The third-order valence-corrected chi connectivity index (χ3v) is 0.666. The summed E-state index contributed by atoms with van der Waals surface area (Å²) in [7, 11) is 0. The summed E-state index contributed by atoms with van der Waals surface area (Å²) in [5.41, 5.74) is 1.79. The third-order valence-electron chi connectivity index (χ3n) is 0.666. The van der Waals surface area contributed by atoms with Crippen molar-refractivity contribution in [3.63, 3.8) is 0 Å². The standard InChI is InChI=1S/C7H10O.3CO.Fe/c1-6(2)4-7(3)5-8;3*1-2;/h4H,1-3H3;;;;. The molecule has 0 aromatic heterocycles. The van der Waals surface area contributed by atoms with E-state index < -0.39 is 0 Å². The van der Waals surface area contributed by atoms with Gasteiger partial charge in [0.1, 0.15) is 5.94 Å². The van der Waals surface area contributed by atoms with Crippen LogP contribution in [0.5, 0.6) is 0 Å². The molecule has 0 aromatic rings. The van der Waals surface area contributed by atoms with E-state index in [-0.39, 0.29) is 17.1 Å². The van der Waals surface area contributed by atoms with Gasteiger partial charge in [0.25, 0.3) is 0 Å². The SMILES string of the molecule is CC(=C=O)C=C(C)C.[C-]#[O+].[C-]#[O+].[C-]#[O+].[Fe]. The zero-order valence-corrected chi connectivity index (χ0v) is 9.67. The van der Waals surface area contributed by atoms with Crippen molar-refractivity contribution in [2.24, 2.45) is 0 Å². The quantitative estimate of drug-likeness (QED) is 0.229. The first-order valence-electron chi connectivity index (χ1n) is 3.14. The van der Waals surface area contributed by atoms with Crippen molar-refractivity contribution in [1.82, 2.24) is 0 Å². The van der Waals surface area contributed by atoms with Gasteiger partial charge in [0.05, 0.1) is 0 Å². The van der Waals surface area contributed by atoms with Gasteiger partial charge in [-0.1, -0.05) is 5.57 Å². The smallest absolute Gasteiger partial charge is 0 e. The molecule has 0 rings (SSSR count). The molecular weight excluding hydrogens is 240 g/mol. The minimum absolute atomic E-state index is 0. The molecule has 0 bridgehead atoms. The topological polar surface area (TPSA) is 76.8 Å². The number of allylic oxidation sites excluding steroid dienone is 3. The Bertz CT molecular complexity index is 236. The van der Waals surface area contributed by atoms with E-state index >= 15 is 0 Å². The van der Waals surface area contributed by atoms with Gasteiger partial charge in [0.15, 0.2) is 0 Å². The van der Waals surface area contributed by atoms with Gasteiger partial charge >= 0.3 is 33.9 Å². The molecule has 0 aromatic carbocycles. The van der Waals surface area contributed by atoms with E-state index in [1.807, 2.05) is 13.8 Å². The summed E-state index contributed by atoms with van der Waals surface area (Å²) in [5, 5.41) is 0. The summed E-state index contributed by atoms with van der Waals surface area (Å²) in [6.07, 6.45) is 1.80. The zero-order chi connectivity index (χ0) is 12.6. The second kappa shape index (κ2) is 38.3. The predicted molar refractivity (Wildman–Crippen MR) is 46.1 cm³/mol. The summed E-state index contributed by atoms with van der Waals surface area (Å²) in [6, 6.07) is 0. The normalized spacial score (nSPS) is 4.33. The molecule has 0 atom stereocenters.